The average Bonchev–Trinajstić information content (AvgIpc) is 2.28. The first kappa shape index (κ1) is 15.4. The van der Waals surface area contributed by atoms with E-state index in [1.807, 2.05) is 0 Å². The number of esters is 1. The van der Waals surface area contributed by atoms with E-state index in [2.05, 4.69) is 4.72 Å². The Bertz CT molecular complexity index is 381. The molecule has 1 unspecified atom stereocenters. The Morgan fingerprint density at radius 1 is 1.50 bits per heavy atom. The minimum absolute atomic E-state index is 0.155. The molecule has 1 aliphatic heterocycles. The fourth-order valence-corrected chi connectivity index (χ4v) is 3.48. The molecule has 0 bridgehead atoms. The van der Waals surface area contributed by atoms with Crippen molar-refractivity contribution >= 4 is 16.2 Å². The summed E-state index contributed by atoms with van der Waals surface area (Å²) in [5.41, 5.74) is 0. The Morgan fingerprint density at radius 3 is 2.72 bits per heavy atom. The molecule has 18 heavy (non-hydrogen) atoms. The van der Waals surface area contributed by atoms with Crippen LogP contribution in [-0.4, -0.2) is 44.4 Å². The molecule has 0 radical (unpaired) electrons. The number of carbonyl (C=O) groups is 1. The zero-order chi connectivity index (χ0) is 13.8. The number of rotatable bonds is 5. The Balaban J connectivity index is 2.66. The maximum atomic E-state index is 12.0. The van der Waals surface area contributed by atoms with Crippen LogP contribution < -0.4 is 4.72 Å². The van der Waals surface area contributed by atoms with Crippen molar-refractivity contribution in [3.05, 3.63) is 0 Å². The van der Waals surface area contributed by atoms with Gasteiger partial charge in [0.2, 0.25) is 0 Å². The van der Waals surface area contributed by atoms with Crippen LogP contribution in [0, 0.1) is 5.92 Å². The summed E-state index contributed by atoms with van der Waals surface area (Å²) in [7, 11) is -3.49. The number of hydrogen-bond donors (Lipinski definition) is 1. The normalized spacial score (nSPS) is 22.1. The van der Waals surface area contributed by atoms with Crippen molar-refractivity contribution in [2.24, 2.45) is 5.92 Å². The van der Waals surface area contributed by atoms with E-state index >= 15 is 0 Å². The van der Waals surface area contributed by atoms with Crippen LogP contribution in [0.2, 0.25) is 0 Å². The lowest BCUT2D eigenvalue weighted by atomic mass is 10.0. The van der Waals surface area contributed by atoms with Crippen LogP contribution in [0.4, 0.5) is 0 Å². The second kappa shape index (κ2) is 6.49. The van der Waals surface area contributed by atoms with Crippen LogP contribution in [0.3, 0.4) is 0 Å². The van der Waals surface area contributed by atoms with Gasteiger partial charge in [-0.05, 0) is 33.6 Å². The van der Waals surface area contributed by atoms with Gasteiger partial charge in [-0.1, -0.05) is 0 Å². The number of hydrogen-bond acceptors (Lipinski definition) is 4. The van der Waals surface area contributed by atoms with E-state index in [0.29, 0.717) is 26.0 Å². The number of nitrogens with zero attached hydrogens (tertiary/aromatic N) is 1. The van der Waals surface area contributed by atoms with Crippen molar-refractivity contribution in [1.29, 1.82) is 0 Å². The first-order chi connectivity index (χ1) is 8.36. The van der Waals surface area contributed by atoms with Crippen LogP contribution in [0.1, 0.15) is 33.6 Å². The fourth-order valence-electron chi connectivity index (χ4n) is 1.99. The number of piperidine rings is 1. The van der Waals surface area contributed by atoms with Crippen molar-refractivity contribution in [3.8, 4) is 0 Å². The molecule has 0 aromatic rings. The lowest BCUT2D eigenvalue weighted by Gasteiger charge is -2.31. The molecule has 7 heteroatoms. The number of carbonyl (C=O) groups excluding carboxylic acids is 1. The molecule has 1 saturated heterocycles. The molecule has 1 fully saturated rings. The summed E-state index contributed by atoms with van der Waals surface area (Å²) in [4.78, 5) is 11.6. The largest absolute Gasteiger partial charge is 0.466 e. The Morgan fingerprint density at radius 2 is 2.17 bits per heavy atom. The highest BCUT2D eigenvalue weighted by Crippen LogP contribution is 2.20. The van der Waals surface area contributed by atoms with E-state index in [1.54, 1.807) is 20.8 Å². The molecule has 1 N–H and O–H groups in total. The predicted molar refractivity (Wildman–Crippen MR) is 68.1 cm³/mol. The van der Waals surface area contributed by atoms with Crippen molar-refractivity contribution < 1.29 is 17.9 Å². The van der Waals surface area contributed by atoms with Crippen molar-refractivity contribution in [3.63, 3.8) is 0 Å². The quantitative estimate of drug-likeness (QED) is 0.743. The third-order valence-corrected chi connectivity index (χ3v) is 4.51. The molecule has 0 aromatic carbocycles. The second-order valence-electron chi connectivity index (χ2n) is 4.73. The lowest BCUT2D eigenvalue weighted by Crippen LogP contribution is -2.49. The number of ether oxygens (including phenoxy) is 1. The molecular formula is C11H22N2O4S. The van der Waals surface area contributed by atoms with Gasteiger partial charge in [0.25, 0.3) is 10.2 Å². The van der Waals surface area contributed by atoms with Gasteiger partial charge in [-0.25, -0.2) is 0 Å². The zero-order valence-electron chi connectivity index (χ0n) is 11.2. The molecule has 0 spiro atoms. The topological polar surface area (TPSA) is 75.7 Å². The van der Waals surface area contributed by atoms with E-state index in [1.165, 1.54) is 4.31 Å². The molecule has 106 valence electrons. The Kier molecular flexibility index (Phi) is 5.55. The smallest absolute Gasteiger partial charge is 0.310 e. The number of nitrogens with one attached hydrogen (secondary N) is 1. The summed E-state index contributed by atoms with van der Waals surface area (Å²) in [6, 6.07) is -0.155. The Hall–Kier alpha value is -0.660. The van der Waals surface area contributed by atoms with E-state index in [9.17, 15) is 13.2 Å². The fraction of sp³-hybridized carbons (Fsp3) is 0.909. The van der Waals surface area contributed by atoms with Gasteiger partial charge in [-0.3, -0.25) is 4.79 Å². The van der Waals surface area contributed by atoms with Crippen LogP contribution in [0.15, 0.2) is 0 Å². The highest BCUT2D eigenvalue weighted by atomic mass is 32.2. The lowest BCUT2D eigenvalue weighted by molar-refractivity contribution is -0.149. The average molecular weight is 278 g/mol. The van der Waals surface area contributed by atoms with Crippen LogP contribution >= 0.6 is 0 Å². The van der Waals surface area contributed by atoms with Gasteiger partial charge < -0.3 is 4.74 Å². The van der Waals surface area contributed by atoms with Gasteiger partial charge in [0.05, 0.1) is 12.5 Å². The molecule has 0 saturated carbocycles. The van der Waals surface area contributed by atoms with Gasteiger partial charge in [0.15, 0.2) is 0 Å². The molecule has 1 aliphatic rings. The SMILES string of the molecule is CCOC(=O)C1CCCN(S(=O)(=O)NC(C)C)C1. The van der Waals surface area contributed by atoms with Gasteiger partial charge in [0.1, 0.15) is 0 Å². The Labute approximate surface area is 109 Å². The summed E-state index contributed by atoms with van der Waals surface area (Å²) in [5, 5.41) is 0. The minimum atomic E-state index is -3.49. The third-order valence-electron chi connectivity index (χ3n) is 2.73. The molecule has 1 rings (SSSR count). The molecule has 6 nitrogen and oxygen atoms in total. The summed E-state index contributed by atoms with van der Waals surface area (Å²) >= 11 is 0. The molecule has 1 atom stereocenters. The van der Waals surface area contributed by atoms with Gasteiger partial charge >= 0.3 is 5.97 Å². The molecule has 0 aromatic heterocycles. The van der Waals surface area contributed by atoms with Gasteiger partial charge in [-0.2, -0.15) is 17.4 Å². The van der Waals surface area contributed by atoms with Gasteiger partial charge in [-0.15, -0.1) is 0 Å². The molecule has 1 heterocycles. The minimum Gasteiger partial charge on any atom is -0.466 e. The molecule has 0 amide bonds. The standard InChI is InChI=1S/C11H22N2O4S/c1-4-17-11(14)10-6-5-7-13(8-10)18(15,16)12-9(2)3/h9-10,12H,4-8H2,1-3H3. The first-order valence-corrected chi connectivity index (χ1v) is 7.75. The summed E-state index contributed by atoms with van der Waals surface area (Å²) in [6.45, 7) is 6.27. The monoisotopic (exact) mass is 278 g/mol. The van der Waals surface area contributed by atoms with E-state index < -0.39 is 10.2 Å². The maximum absolute atomic E-state index is 12.0. The van der Waals surface area contributed by atoms with Crippen LogP contribution in [-0.2, 0) is 19.7 Å². The second-order valence-corrected chi connectivity index (χ2v) is 6.43. The maximum Gasteiger partial charge on any atom is 0.310 e. The van der Waals surface area contributed by atoms with Crippen molar-refractivity contribution in [2.45, 2.75) is 39.7 Å². The molecular weight excluding hydrogens is 256 g/mol. The van der Waals surface area contributed by atoms with E-state index in [0.717, 1.165) is 0 Å². The highest BCUT2D eigenvalue weighted by molar-refractivity contribution is 7.87. The van der Waals surface area contributed by atoms with Crippen LogP contribution in [0.5, 0.6) is 0 Å². The summed E-state index contributed by atoms with van der Waals surface area (Å²) in [6.07, 6.45) is 1.37. The molecule has 0 aliphatic carbocycles. The van der Waals surface area contributed by atoms with Crippen LogP contribution in [0.25, 0.3) is 0 Å². The third kappa shape index (κ3) is 4.22. The van der Waals surface area contributed by atoms with E-state index in [4.69, 9.17) is 4.74 Å². The highest BCUT2D eigenvalue weighted by Gasteiger charge is 2.33. The van der Waals surface area contributed by atoms with Crippen molar-refractivity contribution in [2.75, 3.05) is 19.7 Å². The van der Waals surface area contributed by atoms with Gasteiger partial charge in [0, 0.05) is 19.1 Å². The van der Waals surface area contributed by atoms with Crippen molar-refractivity contribution in [1.82, 2.24) is 9.03 Å². The van der Waals surface area contributed by atoms with E-state index in [-0.39, 0.29) is 24.5 Å². The zero-order valence-corrected chi connectivity index (χ0v) is 12.0. The predicted octanol–water partition coefficient (Wildman–Crippen LogP) is 0.504. The summed E-state index contributed by atoms with van der Waals surface area (Å²) in [5.74, 6) is -0.649. The summed E-state index contributed by atoms with van der Waals surface area (Å²) < 4.78 is 32.8. The first-order valence-electron chi connectivity index (χ1n) is 6.31.